The molecular weight excluding hydrogens is 495 g/mol. The largest absolute Gasteiger partial charge is 0.392 e. The minimum atomic E-state index is -0.373. The summed E-state index contributed by atoms with van der Waals surface area (Å²) in [6.07, 6.45) is 2.59. The van der Waals surface area contributed by atoms with Crippen molar-refractivity contribution in [3.8, 4) is 11.1 Å². The number of nitrogens with one attached hydrogen (secondary N) is 2. The first-order valence-corrected chi connectivity index (χ1v) is 12.9. The number of fused-ring (bicyclic) bond motifs is 1. The van der Waals surface area contributed by atoms with Gasteiger partial charge in [-0.2, -0.15) is 0 Å². The lowest BCUT2D eigenvalue weighted by Crippen LogP contribution is -2.48. The first-order valence-electron chi connectivity index (χ1n) is 12.9. The molecule has 4 aromatic rings. The van der Waals surface area contributed by atoms with Crippen LogP contribution >= 0.6 is 0 Å². The van der Waals surface area contributed by atoms with Crippen molar-refractivity contribution in [2.45, 2.75) is 13.0 Å². The Morgan fingerprint density at radius 2 is 1.90 bits per heavy atom. The predicted octanol–water partition coefficient (Wildman–Crippen LogP) is 4.81. The molecule has 1 amide bonds. The van der Waals surface area contributed by atoms with Crippen molar-refractivity contribution in [1.82, 2.24) is 14.9 Å². The van der Waals surface area contributed by atoms with Crippen LogP contribution in [0, 0.1) is 5.82 Å². The number of carbonyl (C=O) groups is 1. The van der Waals surface area contributed by atoms with Gasteiger partial charge < -0.3 is 20.6 Å². The smallest absolute Gasteiger partial charge is 0.247 e. The standard InChI is InChI=1S/C30H31FN6O2/c1-3-28(39)33-23-8-4-6-21(16-23)25-9-5-7-22-18-32-30(35-29(22)25)34-24-10-11-27(26(31)17-24)37-14-12-36(13-15-37)19-20(2)38/h3-11,16-18,20,38H,1,12-15,19H2,2H3,(H,33,39)(H,32,34,35)/t20-/m0/s1. The van der Waals surface area contributed by atoms with Crippen LogP contribution in [0.3, 0.4) is 0 Å². The Hall–Kier alpha value is -4.34. The Balaban J connectivity index is 1.35. The number of para-hydroxylation sites is 1. The van der Waals surface area contributed by atoms with Gasteiger partial charge in [0.05, 0.1) is 17.3 Å². The number of β-amino-alcohol motifs (C(OH)–C–C–N with tert-alkyl or cyclic N) is 1. The number of anilines is 4. The van der Waals surface area contributed by atoms with E-state index in [4.69, 9.17) is 4.98 Å². The maximum Gasteiger partial charge on any atom is 0.247 e. The van der Waals surface area contributed by atoms with Crippen LogP contribution in [-0.4, -0.2) is 64.7 Å². The third kappa shape index (κ3) is 6.22. The fraction of sp³-hybridized carbons (Fsp3) is 0.233. The molecule has 0 saturated carbocycles. The molecular formula is C30H31FN6O2. The molecule has 200 valence electrons. The highest BCUT2D eigenvalue weighted by Gasteiger charge is 2.20. The number of aliphatic hydroxyl groups excluding tert-OH is 1. The fourth-order valence-electron chi connectivity index (χ4n) is 4.82. The highest BCUT2D eigenvalue weighted by atomic mass is 19.1. The highest BCUT2D eigenvalue weighted by molar-refractivity contribution is 6.00. The van der Waals surface area contributed by atoms with E-state index in [0.717, 1.165) is 35.1 Å². The number of hydrogen-bond donors (Lipinski definition) is 3. The van der Waals surface area contributed by atoms with Gasteiger partial charge in [-0.15, -0.1) is 0 Å². The minimum Gasteiger partial charge on any atom is -0.392 e. The number of halogens is 1. The lowest BCUT2D eigenvalue weighted by Gasteiger charge is -2.36. The molecule has 3 aromatic carbocycles. The Labute approximate surface area is 226 Å². The second-order valence-electron chi connectivity index (χ2n) is 9.64. The molecule has 1 aliphatic rings. The van der Waals surface area contributed by atoms with Gasteiger partial charge in [0.15, 0.2) is 0 Å². The molecule has 9 heteroatoms. The summed E-state index contributed by atoms with van der Waals surface area (Å²) < 4.78 is 15.1. The molecule has 0 bridgehead atoms. The van der Waals surface area contributed by atoms with Gasteiger partial charge in [0.1, 0.15) is 5.82 Å². The Bertz CT molecular complexity index is 1500. The SMILES string of the molecule is C=CC(=O)Nc1cccc(-c2cccc3cnc(Nc4ccc(N5CCN(C[C@H](C)O)CC5)c(F)c4)nc23)c1. The van der Waals surface area contributed by atoms with Crippen LogP contribution in [0.25, 0.3) is 22.0 Å². The molecule has 1 saturated heterocycles. The van der Waals surface area contributed by atoms with E-state index >= 15 is 4.39 Å². The monoisotopic (exact) mass is 526 g/mol. The van der Waals surface area contributed by atoms with Gasteiger partial charge in [-0.1, -0.05) is 36.9 Å². The molecule has 1 atom stereocenters. The molecule has 8 nitrogen and oxygen atoms in total. The molecule has 1 fully saturated rings. The van der Waals surface area contributed by atoms with Crippen molar-refractivity contribution in [3.63, 3.8) is 0 Å². The van der Waals surface area contributed by atoms with Gasteiger partial charge in [0, 0.05) is 61.2 Å². The first kappa shape index (κ1) is 26.3. The number of aromatic nitrogens is 2. The van der Waals surface area contributed by atoms with Gasteiger partial charge in [-0.25, -0.2) is 14.4 Å². The molecule has 39 heavy (non-hydrogen) atoms. The topological polar surface area (TPSA) is 93.6 Å². The molecule has 0 spiro atoms. The first-order chi connectivity index (χ1) is 18.9. The predicted molar refractivity (Wildman–Crippen MR) is 154 cm³/mol. The summed E-state index contributed by atoms with van der Waals surface area (Å²) >= 11 is 0. The minimum absolute atomic E-state index is 0.282. The van der Waals surface area contributed by atoms with Crippen LogP contribution in [0.15, 0.2) is 79.5 Å². The van der Waals surface area contributed by atoms with Crippen LogP contribution in [0.1, 0.15) is 6.92 Å². The number of hydrogen-bond acceptors (Lipinski definition) is 7. The van der Waals surface area contributed by atoms with Gasteiger partial charge in [-0.3, -0.25) is 9.69 Å². The summed E-state index contributed by atoms with van der Waals surface area (Å²) in [5, 5.41) is 16.4. The van der Waals surface area contributed by atoms with Gasteiger partial charge in [-0.05, 0) is 48.9 Å². The highest BCUT2D eigenvalue weighted by Crippen LogP contribution is 2.30. The van der Waals surface area contributed by atoms with Crippen LogP contribution in [0.5, 0.6) is 0 Å². The van der Waals surface area contributed by atoms with Crippen molar-refractivity contribution >= 4 is 39.8 Å². The van der Waals surface area contributed by atoms with Gasteiger partial charge in [0.2, 0.25) is 11.9 Å². The van der Waals surface area contributed by atoms with E-state index in [9.17, 15) is 9.90 Å². The van der Waals surface area contributed by atoms with E-state index < -0.39 is 0 Å². The Morgan fingerprint density at radius 3 is 2.64 bits per heavy atom. The van der Waals surface area contributed by atoms with Crippen LogP contribution in [0.4, 0.5) is 27.4 Å². The second-order valence-corrected chi connectivity index (χ2v) is 9.64. The average Bonchev–Trinajstić information content (AvgIpc) is 2.93. The molecule has 0 unspecified atom stereocenters. The molecule has 0 aliphatic carbocycles. The molecule has 5 rings (SSSR count). The van der Waals surface area contributed by atoms with E-state index in [1.54, 1.807) is 19.2 Å². The fourth-order valence-corrected chi connectivity index (χ4v) is 4.82. The quantitative estimate of drug-likeness (QED) is 0.284. The van der Waals surface area contributed by atoms with E-state index in [2.05, 4.69) is 27.1 Å². The summed E-state index contributed by atoms with van der Waals surface area (Å²) in [6, 6.07) is 18.4. The molecule has 2 heterocycles. The maximum absolute atomic E-state index is 15.1. The van der Waals surface area contributed by atoms with Crippen molar-refractivity contribution in [2.75, 3.05) is 48.3 Å². The van der Waals surface area contributed by atoms with E-state index in [0.29, 0.717) is 42.6 Å². The van der Waals surface area contributed by atoms with Crippen LogP contribution in [0.2, 0.25) is 0 Å². The third-order valence-corrected chi connectivity index (χ3v) is 6.68. The summed E-state index contributed by atoms with van der Waals surface area (Å²) in [4.78, 5) is 25.1. The maximum atomic E-state index is 15.1. The number of benzene rings is 3. The number of nitrogens with zero attached hydrogens (tertiary/aromatic N) is 4. The van der Waals surface area contributed by atoms with Gasteiger partial charge >= 0.3 is 0 Å². The van der Waals surface area contributed by atoms with Gasteiger partial charge in [0.25, 0.3) is 0 Å². The number of amides is 1. The number of rotatable bonds is 8. The third-order valence-electron chi connectivity index (χ3n) is 6.68. The molecule has 0 radical (unpaired) electrons. The Morgan fingerprint density at radius 1 is 1.10 bits per heavy atom. The zero-order valence-electron chi connectivity index (χ0n) is 21.8. The number of carbonyl (C=O) groups excluding carboxylic acids is 1. The van der Waals surface area contributed by atoms with Crippen LogP contribution in [-0.2, 0) is 4.79 Å². The zero-order valence-corrected chi connectivity index (χ0v) is 21.8. The van der Waals surface area contributed by atoms with Crippen molar-refractivity contribution < 1.29 is 14.3 Å². The molecule has 1 aromatic heterocycles. The second kappa shape index (κ2) is 11.6. The zero-order chi connectivity index (χ0) is 27.4. The van der Waals surface area contributed by atoms with Crippen molar-refractivity contribution in [2.24, 2.45) is 0 Å². The van der Waals surface area contributed by atoms with E-state index in [-0.39, 0.29) is 17.8 Å². The lowest BCUT2D eigenvalue weighted by molar-refractivity contribution is -0.111. The summed E-state index contributed by atoms with van der Waals surface area (Å²) in [5.41, 5.74) is 4.26. The number of piperazine rings is 1. The van der Waals surface area contributed by atoms with E-state index in [1.807, 2.05) is 53.4 Å². The summed E-state index contributed by atoms with van der Waals surface area (Å²) in [5.74, 6) is -0.246. The normalized spacial score (nSPS) is 14.7. The van der Waals surface area contributed by atoms with Crippen molar-refractivity contribution in [1.29, 1.82) is 0 Å². The van der Waals surface area contributed by atoms with Crippen molar-refractivity contribution in [3.05, 3.63) is 85.3 Å². The number of aliphatic hydroxyl groups is 1. The summed E-state index contributed by atoms with van der Waals surface area (Å²) in [6.45, 7) is 8.86. The Kier molecular flexibility index (Phi) is 7.81. The lowest BCUT2D eigenvalue weighted by atomic mass is 10.0. The molecule has 1 aliphatic heterocycles. The van der Waals surface area contributed by atoms with Crippen LogP contribution < -0.4 is 15.5 Å². The van der Waals surface area contributed by atoms with E-state index in [1.165, 1.54) is 12.1 Å². The summed E-state index contributed by atoms with van der Waals surface area (Å²) in [7, 11) is 0. The average molecular weight is 527 g/mol. The molecule has 3 N–H and O–H groups in total.